The minimum atomic E-state index is -3.55. The number of aryl methyl sites for hydroxylation is 1. The third-order valence-electron chi connectivity index (χ3n) is 5.29. The van der Waals surface area contributed by atoms with Crippen molar-refractivity contribution in [2.24, 2.45) is 0 Å². The Morgan fingerprint density at radius 2 is 1.93 bits per heavy atom. The summed E-state index contributed by atoms with van der Waals surface area (Å²) in [5.41, 5.74) is 1.39. The molecule has 0 aliphatic carbocycles. The molecule has 0 spiro atoms. The van der Waals surface area contributed by atoms with Gasteiger partial charge in [0.15, 0.2) is 6.54 Å². The fourth-order valence-corrected chi connectivity index (χ4v) is 4.93. The Labute approximate surface area is 174 Å². The number of hydrogen-bond acceptors (Lipinski definition) is 4. The number of rotatable bonds is 11. The zero-order valence-electron chi connectivity index (χ0n) is 17.9. The van der Waals surface area contributed by atoms with Gasteiger partial charge in [0.2, 0.25) is 10.0 Å². The zero-order chi connectivity index (χ0) is 21.3. The molecule has 8 nitrogen and oxygen atoms in total. The van der Waals surface area contributed by atoms with E-state index in [2.05, 4.69) is 5.32 Å². The maximum Gasteiger partial charge on any atom is 0.279 e. The Kier molecular flexibility index (Phi) is 9.51. The van der Waals surface area contributed by atoms with E-state index in [-0.39, 0.29) is 10.8 Å². The lowest BCUT2D eigenvalue weighted by atomic mass is 10.2. The third-order valence-corrected chi connectivity index (χ3v) is 7.34. The molecular formula is C20H36N4O4S+2. The summed E-state index contributed by atoms with van der Waals surface area (Å²) in [7, 11) is -3.55. The summed E-state index contributed by atoms with van der Waals surface area (Å²) in [6.07, 6.45) is 1.05. The summed E-state index contributed by atoms with van der Waals surface area (Å²) >= 11 is 0. The summed E-state index contributed by atoms with van der Waals surface area (Å²) < 4.78 is 32.2. The van der Waals surface area contributed by atoms with Crippen LogP contribution in [0.5, 0.6) is 0 Å². The highest BCUT2D eigenvalue weighted by atomic mass is 32.2. The molecule has 1 aromatic rings. The lowest BCUT2D eigenvalue weighted by molar-refractivity contribution is -0.909. The number of morpholine rings is 1. The lowest BCUT2D eigenvalue weighted by Crippen LogP contribution is -3.14. The van der Waals surface area contributed by atoms with Crippen LogP contribution >= 0.6 is 0 Å². The van der Waals surface area contributed by atoms with Crippen LogP contribution in [0.15, 0.2) is 23.1 Å². The van der Waals surface area contributed by atoms with Crippen molar-refractivity contribution in [2.45, 2.75) is 32.1 Å². The predicted octanol–water partition coefficient (Wildman–Crippen LogP) is -1.17. The number of quaternary nitrogens is 2. The molecule has 1 aromatic carbocycles. The SMILES string of the molecule is CCN(CC)S(=O)(=O)c1ccc(C)c(NC(=O)C[NH2+]CCC[NH+]2CCOCC2)c1. The molecule has 4 N–H and O–H groups in total. The monoisotopic (exact) mass is 428 g/mol. The van der Waals surface area contributed by atoms with E-state index in [0.29, 0.717) is 25.3 Å². The first kappa shape index (κ1) is 23.8. The van der Waals surface area contributed by atoms with Crippen molar-refractivity contribution in [3.63, 3.8) is 0 Å². The molecule has 1 fully saturated rings. The number of hydrogen-bond donors (Lipinski definition) is 3. The summed E-state index contributed by atoms with van der Waals surface area (Å²) in [5.74, 6) is -0.121. The first-order valence-electron chi connectivity index (χ1n) is 10.5. The lowest BCUT2D eigenvalue weighted by Gasteiger charge is -2.23. The van der Waals surface area contributed by atoms with Gasteiger partial charge in [0.05, 0.1) is 31.2 Å². The molecule has 29 heavy (non-hydrogen) atoms. The minimum Gasteiger partial charge on any atom is -0.370 e. The highest BCUT2D eigenvalue weighted by Crippen LogP contribution is 2.22. The molecule has 164 valence electrons. The number of sulfonamides is 1. The van der Waals surface area contributed by atoms with Crippen LogP contribution in [0.4, 0.5) is 5.69 Å². The van der Waals surface area contributed by atoms with Gasteiger partial charge in [-0.3, -0.25) is 4.79 Å². The zero-order valence-corrected chi connectivity index (χ0v) is 18.7. The largest absolute Gasteiger partial charge is 0.370 e. The van der Waals surface area contributed by atoms with Gasteiger partial charge in [-0.2, -0.15) is 4.31 Å². The molecule has 0 bridgehead atoms. The minimum absolute atomic E-state index is 0.121. The van der Waals surface area contributed by atoms with E-state index in [9.17, 15) is 13.2 Å². The van der Waals surface area contributed by atoms with Gasteiger partial charge < -0.3 is 20.3 Å². The van der Waals surface area contributed by atoms with Crippen LogP contribution in [0.3, 0.4) is 0 Å². The first-order valence-corrected chi connectivity index (χ1v) is 12.0. The van der Waals surface area contributed by atoms with Crippen LogP contribution in [-0.4, -0.2) is 77.7 Å². The van der Waals surface area contributed by atoms with E-state index in [4.69, 9.17) is 4.74 Å². The van der Waals surface area contributed by atoms with Crippen LogP contribution < -0.4 is 15.5 Å². The van der Waals surface area contributed by atoms with Crippen LogP contribution in [0, 0.1) is 6.92 Å². The maximum absolute atomic E-state index is 12.7. The van der Waals surface area contributed by atoms with Crippen molar-refractivity contribution in [3.8, 4) is 0 Å². The van der Waals surface area contributed by atoms with Gasteiger partial charge in [-0.15, -0.1) is 0 Å². The average Bonchev–Trinajstić information content (AvgIpc) is 2.70. The molecule has 0 radical (unpaired) electrons. The van der Waals surface area contributed by atoms with Gasteiger partial charge in [-0.1, -0.05) is 19.9 Å². The average molecular weight is 429 g/mol. The van der Waals surface area contributed by atoms with Gasteiger partial charge in [0.1, 0.15) is 13.1 Å². The quantitative estimate of drug-likeness (QED) is 0.387. The third kappa shape index (κ3) is 7.04. The smallest absolute Gasteiger partial charge is 0.279 e. The predicted molar refractivity (Wildman–Crippen MR) is 113 cm³/mol. The highest BCUT2D eigenvalue weighted by molar-refractivity contribution is 7.89. The topological polar surface area (TPSA) is 96.8 Å². The van der Waals surface area contributed by atoms with Crippen molar-refractivity contribution in [2.75, 3.05) is 64.3 Å². The Balaban J connectivity index is 1.84. The van der Waals surface area contributed by atoms with E-state index < -0.39 is 10.0 Å². The Morgan fingerprint density at radius 1 is 1.24 bits per heavy atom. The van der Waals surface area contributed by atoms with E-state index >= 15 is 0 Å². The second-order valence-electron chi connectivity index (χ2n) is 7.36. The van der Waals surface area contributed by atoms with Crippen LogP contribution in [0.2, 0.25) is 0 Å². The molecule has 2 rings (SSSR count). The van der Waals surface area contributed by atoms with Crippen LogP contribution in [-0.2, 0) is 19.6 Å². The second kappa shape index (κ2) is 11.6. The van der Waals surface area contributed by atoms with E-state index in [1.165, 1.54) is 4.31 Å². The maximum atomic E-state index is 12.7. The number of amides is 1. The van der Waals surface area contributed by atoms with Gasteiger partial charge in [0.25, 0.3) is 5.91 Å². The Morgan fingerprint density at radius 3 is 2.59 bits per heavy atom. The normalized spacial score (nSPS) is 15.6. The summed E-state index contributed by atoms with van der Waals surface area (Å²) in [6.45, 7) is 12.4. The number of ether oxygens (including phenoxy) is 1. The van der Waals surface area contributed by atoms with Gasteiger partial charge >= 0.3 is 0 Å². The van der Waals surface area contributed by atoms with Gasteiger partial charge in [-0.25, -0.2) is 8.42 Å². The molecular weight excluding hydrogens is 392 g/mol. The molecule has 0 atom stereocenters. The molecule has 1 saturated heterocycles. The van der Waals surface area contributed by atoms with Crippen molar-refractivity contribution in [1.29, 1.82) is 0 Å². The Hall–Kier alpha value is -1.52. The summed E-state index contributed by atoms with van der Waals surface area (Å²) in [5, 5.41) is 4.86. The number of anilines is 1. The number of carbonyl (C=O) groups excluding carboxylic acids is 1. The fourth-order valence-electron chi connectivity index (χ4n) is 3.45. The first-order chi connectivity index (χ1) is 13.9. The molecule has 1 aliphatic heterocycles. The van der Waals surface area contributed by atoms with Crippen molar-refractivity contribution >= 4 is 21.6 Å². The van der Waals surface area contributed by atoms with E-state index in [1.807, 2.05) is 26.1 Å². The molecule has 1 aliphatic rings. The summed E-state index contributed by atoms with van der Waals surface area (Å²) in [4.78, 5) is 14.1. The second-order valence-corrected chi connectivity index (χ2v) is 9.30. The standard InChI is InChI=1S/C20H34N4O4S/c1-4-24(5-2)29(26,27)18-8-7-17(3)19(15-18)22-20(25)16-21-9-6-10-23-11-13-28-14-12-23/h7-8,15,21H,4-6,9-14,16H2,1-3H3,(H,22,25)/p+2. The molecule has 1 amide bonds. The number of benzene rings is 1. The van der Waals surface area contributed by atoms with Crippen LogP contribution in [0.25, 0.3) is 0 Å². The number of nitrogens with one attached hydrogen (secondary N) is 2. The number of carbonyl (C=O) groups is 1. The number of nitrogens with two attached hydrogens (primary N) is 1. The summed E-state index contributed by atoms with van der Waals surface area (Å²) in [6, 6.07) is 4.89. The van der Waals surface area contributed by atoms with Crippen molar-refractivity contribution in [3.05, 3.63) is 23.8 Å². The molecule has 0 unspecified atom stereocenters. The molecule has 1 heterocycles. The van der Waals surface area contributed by atoms with Crippen molar-refractivity contribution < 1.29 is 28.2 Å². The fraction of sp³-hybridized carbons (Fsp3) is 0.650. The Bertz CT molecular complexity index is 760. The number of nitrogens with zero attached hydrogens (tertiary/aromatic N) is 1. The van der Waals surface area contributed by atoms with Gasteiger partial charge in [0, 0.05) is 25.2 Å². The molecule has 9 heteroatoms. The highest BCUT2D eigenvalue weighted by Gasteiger charge is 2.22. The van der Waals surface area contributed by atoms with Gasteiger partial charge in [-0.05, 0) is 24.6 Å². The molecule has 0 aromatic heterocycles. The van der Waals surface area contributed by atoms with E-state index in [0.717, 1.165) is 51.4 Å². The van der Waals surface area contributed by atoms with Crippen LogP contribution in [0.1, 0.15) is 25.8 Å². The molecule has 0 saturated carbocycles. The van der Waals surface area contributed by atoms with E-state index in [1.54, 1.807) is 23.1 Å². The van der Waals surface area contributed by atoms with Crippen molar-refractivity contribution in [1.82, 2.24) is 4.31 Å².